The molecule has 1 spiro atoms. The SMILES string of the molecule is CC1=C[C@H]2CC(C)(C)C[C@@]23C1CC[C@H]3C. The molecule has 3 rings (SSSR count). The molecule has 0 nitrogen and oxygen atoms in total. The Balaban J connectivity index is 2.05. The Morgan fingerprint density at radius 1 is 1.27 bits per heavy atom. The van der Waals surface area contributed by atoms with Gasteiger partial charge in [0.1, 0.15) is 0 Å². The van der Waals surface area contributed by atoms with Gasteiger partial charge in [-0.1, -0.05) is 32.4 Å². The average Bonchev–Trinajstić information content (AvgIpc) is 2.61. The largest absolute Gasteiger partial charge is 0.0816 e. The highest BCUT2D eigenvalue weighted by Gasteiger charge is 2.61. The number of hydrogen-bond donors (Lipinski definition) is 0. The lowest BCUT2D eigenvalue weighted by Crippen LogP contribution is -2.31. The molecular weight excluding hydrogens is 180 g/mol. The number of hydrogen-bond acceptors (Lipinski definition) is 0. The smallest absolute Gasteiger partial charge is 0.0138 e. The van der Waals surface area contributed by atoms with Crippen LogP contribution in [0.1, 0.15) is 53.4 Å². The van der Waals surface area contributed by atoms with E-state index in [1.54, 1.807) is 5.57 Å². The summed E-state index contributed by atoms with van der Waals surface area (Å²) >= 11 is 0. The van der Waals surface area contributed by atoms with Gasteiger partial charge in [0.05, 0.1) is 0 Å². The van der Waals surface area contributed by atoms with Crippen LogP contribution in [-0.2, 0) is 0 Å². The summed E-state index contributed by atoms with van der Waals surface area (Å²) in [7, 11) is 0. The Bertz CT molecular complexity index is 323. The minimum atomic E-state index is 0.596. The summed E-state index contributed by atoms with van der Waals surface area (Å²) in [6.45, 7) is 9.85. The second kappa shape index (κ2) is 2.70. The normalized spacial score (nSPS) is 51.5. The van der Waals surface area contributed by atoms with Crippen LogP contribution in [0.4, 0.5) is 0 Å². The monoisotopic (exact) mass is 204 g/mol. The predicted octanol–water partition coefficient (Wildman–Crippen LogP) is 4.42. The van der Waals surface area contributed by atoms with Crippen molar-refractivity contribution in [3.05, 3.63) is 11.6 Å². The van der Waals surface area contributed by atoms with Crippen molar-refractivity contribution in [1.29, 1.82) is 0 Å². The fourth-order valence-corrected chi connectivity index (χ4v) is 5.34. The van der Waals surface area contributed by atoms with Crippen molar-refractivity contribution in [2.45, 2.75) is 53.4 Å². The van der Waals surface area contributed by atoms with E-state index >= 15 is 0 Å². The van der Waals surface area contributed by atoms with Gasteiger partial charge in [0.25, 0.3) is 0 Å². The van der Waals surface area contributed by atoms with Gasteiger partial charge in [-0.2, -0.15) is 0 Å². The van der Waals surface area contributed by atoms with Crippen molar-refractivity contribution in [2.24, 2.45) is 28.6 Å². The molecule has 3 aliphatic rings. The summed E-state index contributed by atoms with van der Waals surface area (Å²) < 4.78 is 0. The van der Waals surface area contributed by atoms with Gasteiger partial charge < -0.3 is 0 Å². The zero-order valence-corrected chi connectivity index (χ0v) is 10.6. The number of rotatable bonds is 0. The van der Waals surface area contributed by atoms with E-state index in [0.29, 0.717) is 10.8 Å². The summed E-state index contributed by atoms with van der Waals surface area (Å²) in [5, 5.41) is 0. The molecule has 4 atom stereocenters. The van der Waals surface area contributed by atoms with Crippen LogP contribution in [0.2, 0.25) is 0 Å². The van der Waals surface area contributed by atoms with E-state index in [-0.39, 0.29) is 0 Å². The van der Waals surface area contributed by atoms with Gasteiger partial charge in [-0.05, 0) is 61.2 Å². The summed E-state index contributed by atoms with van der Waals surface area (Å²) in [5.74, 6) is 2.82. The first-order valence-corrected chi connectivity index (χ1v) is 6.64. The molecule has 3 aliphatic carbocycles. The minimum absolute atomic E-state index is 0.596. The summed E-state index contributed by atoms with van der Waals surface area (Å²) in [6.07, 6.45) is 8.49. The first-order valence-electron chi connectivity index (χ1n) is 6.64. The molecule has 2 saturated carbocycles. The van der Waals surface area contributed by atoms with Gasteiger partial charge in [-0.3, -0.25) is 0 Å². The maximum atomic E-state index is 2.63. The fraction of sp³-hybridized carbons (Fsp3) is 0.867. The van der Waals surface area contributed by atoms with Crippen LogP contribution < -0.4 is 0 Å². The van der Waals surface area contributed by atoms with E-state index in [1.165, 1.54) is 25.7 Å². The zero-order chi connectivity index (χ0) is 10.8. The minimum Gasteiger partial charge on any atom is -0.0816 e. The Hall–Kier alpha value is -0.260. The van der Waals surface area contributed by atoms with E-state index in [4.69, 9.17) is 0 Å². The third-order valence-corrected chi connectivity index (χ3v) is 5.72. The van der Waals surface area contributed by atoms with Crippen molar-refractivity contribution in [2.75, 3.05) is 0 Å². The highest BCUT2D eigenvalue weighted by Crippen LogP contribution is 2.70. The quantitative estimate of drug-likeness (QED) is 0.513. The molecule has 0 bridgehead atoms. The highest BCUT2D eigenvalue weighted by molar-refractivity contribution is 5.28. The van der Waals surface area contributed by atoms with E-state index in [1.807, 2.05) is 0 Å². The molecule has 15 heavy (non-hydrogen) atoms. The van der Waals surface area contributed by atoms with Crippen LogP contribution in [0.15, 0.2) is 11.6 Å². The first-order chi connectivity index (χ1) is 6.96. The number of allylic oxidation sites excluding steroid dienone is 2. The first kappa shape index (κ1) is 9.93. The summed E-state index contributed by atoms with van der Waals surface area (Å²) in [5.41, 5.74) is 3.01. The lowest BCUT2D eigenvalue weighted by atomic mass is 9.67. The Morgan fingerprint density at radius 2 is 2.00 bits per heavy atom. The molecule has 0 saturated heterocycles. The second-order valence-electron chi connectivity index (χ2n) is 7.21. The van der Waals surface area contributed by atoms with Crippen LogP contribution in [0.5, 0.6) is 0 Å². The zero-order valence-electron chi connectivity index (χ0n) is 10.6. The lowest BCUT2D eigenvalue weighted by Gasteiger charge is -2.36. The van der Waals surface area contributed by atoms with Crippen LogP contribution in [0, 0.1) is 28.6 Å². The summed E-state index contributed by atoms with van der Waals surface area (Å²) in [6, 6.07) is 0. The molecule has 84 valence electrons. The maximum absolute atomic E-state index is 2.63. The fourth-order valence-electron chi connectivity index (χ4n) is 5.34. The standard InChI is InChI=1S/C15H24/c1-10-7-12-8-14(3,4)9-15(12)11(2)5-6-13(10)15/h7,11-13H,5-6,8-9H2,1-4H3/t11-,12+,13?,15+/m1/s1. The van der Waals surface area contributed by atoms with Gasteiger partial charge in [0.2, 0.25) is 0 Å². The van der Waals surface area contributed by atoms with Crippen LogP contribution in [0.3, 0.4) is 0 Å². The molecule has 0 aromatic carbocycles. The Kier molecular flexibility index (Phi) is 1.79. The van der Waals surface area contributed by atoms with E-state index in [0.717, 1.165) is 17.8 Å². The molecule has 0 amide bonds. The molecule has 0 aromatic rings. The lowest BCUT2D eigenvalue weighted by molar-refractivity contribution is 0.135. The van der Waals surface area contributed by atoms with Crippen LogP contribution in [-0.4, -0.2) is 0 Å². The second-order valence-corrected chi connectivity index (χ2v) is 7.21. The van der Waals surface area contributed by atoms with Gasteiger partial charge in [0, 0.05) is 0 Å². The topological polar surface area (TPSA) is 0 Å². The van der Waals surface area contributed by atoms with Gasteiger partial charge in [-0.15, -0.1) is 0 Å². The average molecular weight is 204 g/mol. The third kappa shape index (κ3) is 1.09. The van der Waals surface area contributed by atoms with E-state index in [2.05, 4.69) is 33.8 Å². The molecule has 0 heterocycles. The van der Waals surface area contributed by atoms with Crippen LogP contribution >= 0.6 is 0 Å². The van der Waals surface area contributed by atoms with Crippen molar-refractivity contribution in [1.82, 2.24) is 0 Å². The Morgan fingerprint density at radius 3 is 2.73 bits per heavy atom. The highest BCUT2D eigenvalue weighted by atomic mass is 14.7. The van der Waals surface area contributed by atoms with E-state index in [9.17, 15) is 0 Å². The summed E-state index contributed by atoms with van der Waals surface area (Å²) in [4.78, 5) is 0. The molecule has 0 radical (unpaired) electrons. The molecule has 0 heteroatoms. The van der Waals surface area contributed by atoms with Crippen molar-refractivity contribution in [3.8, 4) is 0 Å². The van der Waals surface area contributed by atoms with Gasteiger partial charge in [-0.25, -0.2) is 0 Å². The third-order valence-electron chi connectivity index (χ3n) is 5.72. The van der Waals surface area contributed by atoms with Gasteiger partial charge >= 0.3 is 0 Å². The molecule has 2 fully saturated rings. The molecule has 0 N–H and O–H groups in total. The predicted molar refractivity (Wildman–Crippen MR) is 64.6 cm³/mol. The van der Waals surface area contributed by atoms with E-state index < -0.39 is 0 Å². The van der Waals surface area contributed by atoms with Gasteiger partial charge in [0.15, 0.2) is 0 Å². The Labute approximate surface area is 94.1 Å². The molecule has 0 aromatic heterocycles. The molecule has 1 unspecified atom stereocenters. The molecule has 0 aliphatic heterocycles. The van der Waals surface area contributed by atoms with Crippen molar-refractivity contribution >= 4 is 0 Å². The maximum Gasteiger partial charge on any atom is -0.0138 e. The molecular formula is C15H24. The van der Waals surface area contributed by atoms with Crippen molar-refractivity contribution < 1.29 is 0 Å². The van der Waals surface area contributed by atoms with Crippen LogP contribution in [0.25, 0.3) is 0 Å². The van der Waals surface area contributed by atoms with Crippen molar-refractivity contribution in [3.63, 3.8) is 0 Å².